The minimum Gasteiger partial charge on any atom is -0.303 e. The van der Waals surface area contributed by atoms with Crippen LogP contribution in [-0.4, -0.2) is 48.1 Å². The molecule has 1 aliphatic heterocycles. The fourth-order valence-electron chi connectivity index (χ4n) is 4.61. The summed E-state index contributed by atoms with van der Waals surface area (Å²) in [7, 11) is 0. The fourth-order valence-corrected chi connectivity index (χ4v) is 4.61. The average Bonchev–Trinajstić information content (AvgIpc) is 2.49. The van der Waals surface area contributed by atoms with Gasteiger partial charge in [-0.2, -0.15) is 8.78 Å². The first kappa shape index (κ1) is 19.1. The van der Waals surface area contributed by atoms with Gasteiger partial charge in [-0.05, 0) is 83.2 Å². The summed E-state index contributed by atoms with van der Waals surface area (Å²) >= 11 is 0. The van der Waals surface area contributed by atoms with Crippen molar-refractivity contribution in [2.75, 3.05) is 19.6 Å². The molecule has 2 nitrogen and oxygen atoms in total. The molecule has 2 fully saturated rings. The number of likely N-dealkylation sites (tertiary alicyclic amines) is 1. The molecule has 4 heteroatoms. The third-order valence-electron chi connectivity index (χ3n) is 6.15. The first-order valence-corrected chi connectivity index (χ1v) is 9.66. The van der Waals surface area contributed by atoms with Gasteiger partial charge >= 0.3 is 0 Å². The zero-order valence-corrected chi connectivity index (χ0v) is 15.5. The molecule has 0 aromatic heterocycles. The number of hydrogen-bond acceptors (Lipinski definition) is 2. The smallest absolute Gasteiger partial charge is 0.295 e. The van der Waals surface area contributed by atoms with Crippen LogP contribution in [-0.2, 0) is 0 Å². The number of rotatable bonds is 6. The van der Waals surface area contributed by atoms with Crippen LogP contribution in [0.15, 0.2) is 0 Å². The largest absolute Gasteiger partial charge is 0.303 e. The zero-order chi connectivity index (χ0) is 17.0. The second kappa shape index (κ2) is 8.75. The van der Waals surface area contributed by atoms with E-state index in [2.05, 4.69) is 18.7 Å². The molecular weight excluding hydrogens is 294 g/mol. The molecule has 0 N–H and O–H groups in total. The van der Waals surface area contributed by atoms with E-state index in [1.54, 1.807) is 0 Å². The highest BCUT2D eigenvalue weighted by atomic mass is 19.3. The molecule has 0 bridgehead atoms. The number of nitrogens with zero attached hydrogens (tertiary/aromatic N) is 2. The van der Waals surface area contributed by atoms with E-state index in [0.29, 0.717) is 0 Å². The standard InChI is InChI=1S/C19H36F2N2/c1-14(2)17-7-5-16(6-8-17)13-22-11-9-18(10-12-22)23(15(3)4)19(20)21/h14-19H,5-13H2,1-4H3. The first-order chi connectivity index (χ1) is 10.9. The monoisotopic (exact) mass is 330 g/mol. The molecule has 1 saturated heterocycles. The van der Waals surface area contributed by atoms with E-state index in [1.807, 2.05) is 13.8 Å². The van der Waals surface area contributed by atoms with Crippen LogP contribution < -0.4 is 0 Å². The number of alkyl halides is 2. The number of halogens is 2. The molecule has 2 aliphatic rings. The summed E-state index contributed by atoms with van der Waals surface area (Å²) in [5.74, 6) is 2.57. The minimum absolute atomic E-state index is 0.0583. The van der Waals surface area contributed by atoms with Crippen molar-refractivity contribution in [1.29, 1.82) is 0 Å². The fraction of sp³-hybridized carbons (Fsp3) is 1.00. The third-order valence-corrected chi connectivity index (χ3v) is 6.15. The molecule has 136 valence electrons. The van der Waals surface area contributed by atoms with E-state index >= 15 is 0 Å². The summed E-state index contributed by atoms with van der Waals surface area (Å²) < 4.78 is 26.4. The van der Waals surface area contributed by atoms with Gasteiger partial charge in [0.1, 0.15) is 0 Å². The lowest BCUT2D eigenvalue weighted by molar-refractivity contribution is -0.0857. The maximum atomic E-state index is 13.2. The summed E-state index contributed by atoms with van der Waals surface area (Å²) in [5.41, 5.74) is 0. The third kappa shape index (κ3) is 5.38. The van der Waals surface area contributed by atoms with Gasteiger partial charge in [0.15, 0.2) is 0 Å². The molecule has 2 rings (SSSR count). The van der Waals surface area contributed by atoms with Gasteiger partial charge < -0.3 is 4.90 Å². The molecular formula is C19H36F2N2. The molecule has 0 atom stereocenters. The molecule has 0 spiro atoms. The molecule has 1 heterocycles. The van der Waals surface area contributed by atoms with Crippen LogP contribution in [0.2, 0.25) is 0 Å². The lowest BCUT2D eigenvalue weighted by Gasteiger charge is -2.41. The van der Waals surface area contributed by atoms with E-state index in [1.165, 1.54) is 37.1 Å². The second-order valence-corrected chi connectivity index (χ2v) is 8.38. The maximum Gasteiger partial charge on any atom is 0.295 e. The topological polar surface area (TPSA) is 6.48 Å². The highest BCUT2D eigenvalue weighted by molar-refractivity contribution is 4.83. The summed E-state index contributed by atoms with van der Waals surface area (Å²) in [6.07, 6.45) is 7.26. The average molecular weight is 331 g/mol. The van der Waals surface area contributed by atoms with Gasteiger partial charge in [-0.1, -0.05) is 13.8 Å². The predicted octanol–water partition coefficient (Wildman–Crippen LogP) is 4.85. The van der Waals surface area contributed by atoms with Crippen LogP contribution in [0.1, 0.15) is 66.2 Å². The van der Waals surface area contributed by atoms with E-state index in [-0.39, 0.29) is 12.1 Å². The lowest BCUT2D eigenvalue weighted by Crippen LogP contribution is -2.50. The normalized spacial score (nSPS) is 28.4. The highest BCUT2D eigenvalue weighted by Crippen LogP contribution is 2.34. The van der Waals surface area contributed by atoms with Crippen LogP contribution in [0.4, 0.5) is 8.78 Å². The van der Waals surface area contributed by atoms with Crippen molar-refractivity contribution in [1.82, 2.24) is 9.80 Å². The number of hydrogen-bond donors (Lipinski definition) is 0. The summed E-state index contributed by atoms with van der Waals surface area (Å²) in [6.45, 7) is 9.30. The Kier molecular flexibility index (Phi) is 7.27. The van der Waals surface area contributed by atoms with Gasteiger partial charge in [0, 0.05) is 18.6 Å². The van der Waals surface area contributed by atoms with E-state index in [0.717, 1.165) is 43.7 Å². The molecule has 23 heavy (non-hydrogen) atoms. The highest BCUT2D eigenvalue weighted by Gasteiger charge is 2.32. The predicted molar refractivity (Wildman–Crippen MR) is 92.7 cm³/mol. The Morgan fingerprint density at radius 1 is 0.913 bits per heavy atom. The molecule has 0 radical (unpaired) electrons. The summed E-state index contributed by atoms with van der Waals surface area (Å²) in [6, 6.07) is -0.0132. The van der Waals surface area contributed by atoms with E-state index in [4.69, 9.17) is 0 Å². The summed E-state index contributed by atoms with van der Waals surface area (Å²) in [4.78, 5) is 3.94. The van der Waals surface area contributed by atoms with Crippen molar-refractivity contribution in [2.24, 2.45) is 17.8 Å². The maximum absolute atomic E-state index is 13.2. The van der Waals surface area contributed by atoms with Gasteiger partial charge in [0.2, 0.25) is 0 Å². The van der Waals surface area contributed by atoms with Crippen molar-refractivity contribution in [3.8, 4) is 0 Å². The Morgan fingerprint density at radius 2 is 1.48 bits per heavy atom. The van der Waals surface area contributed by atoms with E-state index < -0.39 is 6.55 Å². The van der Waals surface area contributed by atoms with Crippen LogP contribution in [0.25, 0.3) is 0 Å². The SMILES string of the molecule is CC(C)C1CCC(CN2CCC(N(C(C)C)C(F)F)CC2)CC1. The molecule has 1 aliphatic carbocycles. The quantitative estimate of drug-likeness (QED) is 0.643. The lowest BCUT2D eigenvalue weighted by atomic mass is 9.77. The number of piperidine rings is 1. The first-order valence-electron chi connectivity index (χ1n) is 9.66. The van der Waals surface area contributed by atoms with Gasteiger partial charge in [0.25, 0.3) is 6.55 Å². The summed E-state index contributed by atoms with van der Waals surface area (Å²) in [5, 5.41) is 0. The molecule has 1 saturated carbocycles. The van der Waals surface area contributed by atoms with E-state index in [9.17, 15) is 8.78 Å². The van der Waals surface area contributed by atoms with Crippen molar-refractivity contribution in [2.45, 2.75) is 84.9 Å². The van der Waals surface area contributed by atoms with Crippen LogP contribution in [0.5, 0.6) is 0 Å². The van der Waals surface area contributed by atoms with Crippen LogP contribution in [0.3, 0.4) is 0 Å². The Morgan fingerprint density at radius 3 is 1.91 bits per heavy atom. The van der Waals surface area contributed by atoms with Gasteiger partial charge in [-0.3, -0.25) is 0 Å². The molecule has 0 aromatic carbocycles. The molecule has 0 amide bonds. The molecule has 0 unspecified atom stereocenters. The second-order valence-electron chi connectivity index (χ2n) is 8.38. The molecule has 0 aromatic rings. The Bertz CT molecular complexity index is 322. The van der Waals surface area contributed by atoms with Crippen molar-refractivity contribution >= 4 is 0 Å². The van der Waals surface area contributed by atoms with Gasteiger partial charge in [0.05, 0.1) is 0 Å². The Labute approximate surface area is 141 Å². The van der Waals surface area contributed by atoms with Crippen molar-refractivity contribution in [3.63, 3.8) is 0 Å². The Hall–Kier alpha value is -0.220. The minimum atomic E-state index is -2.32. The van der Waals surface area contributed by atoms with Crippen molar-refractivity contribution < 1.29 is 8.78 Å². The van der Waals surface area contributed by atoms with Gasteiger partial charge in [-0.25, -0.2) is 4.90 Å². The van der Waals surface area contributed by atoms with Crippen LogP contribution >= 0.6 is 0 Å². The van der Waals surface area contributed by atoms with Crippen molar-refractivity contribution in [3.05, 3.63) is 0 Å². The Balaban J connectivity index is 1.73. The van der Waals surface area contributed by atoms with Gasteiger partial charge in [-0.15, -0.1) is 0 Å². The zero-order valence-electron chi connectivity index (χ0n) is 15.5. The van der Waals surface area contributed by atoms with Crippen LogP contribution in [0, 0.1) is 17.8 Å².